The number of fused-ring (bicyclic) bond motifs is 1. The van der Waals surface area contributed by atoms with E-state index in [9.17, 15) is 18.0 Å². The molecule has 4 nitrogen and oxygen atoms in total. The van der Waals surface area contributed by atoms with E-state index >= 15 is 0 Å². The van der Waals surface area contributed by atoms with Crippen LogP contribution in [0.3, 0.4) is 0 Å². The molecule has 172 valence electrons. The largest absolute Gasteiger partial charge is 0.493 e. The summed E-state index contributed by atoms with van der Waals surface area (Å²) in [5.41, 5.74) is 2.90. The zero-order chi connectivity index (χ0) is 21.8. The summed E-state index contributed by atoms with van der Waals surface area (Å²) in [5, 5.41) is 2.56. The Labute approximate surface area is 182 Å². The van der Waals surface area contributed by atoms with E-state index in [1.165, 1.54) is 24.0 Å². The number of hydrogen-bond donors (Lipinski definition) is 1. The van der Waals surface area contributed by atoms with Crippen LogP contribution in [0.15, 0.2) is 18.2 Å². The molecule has 31 heavy (non-hydrogen) atoms. The van der Waals surface area contributed by atoms with E-state index in [1.807, 2.05) is 0 Å². The van der Waals surface area contributed by atoms with Gasteiger partial charge in [0.15, 0.2) is 0 Å². The van der Waals surface area contributed by atoms with Crippen molar-refractivity contribution in [2.24, 2.45) is 5.92 Å². The van der Waals surface area contributed by atoms with Crippen LogP contribution in [0.4, 0.5) is 13.2 Å². The lowest BCUT2D eigenvalue weighted by Gasteiger charge is -2.35. The average Bonchev–Trinajstić information content (AvgIpc) is 3.21. The Balaban J connectivity index is 1.15. The molecule has 1 amide bonds. The van der Waals surface area contributed by atoms with Gasteiger partial charge in [0.05, 0.1) is 6.61 Å². The molecule has 1 aromatic rings. The molecule has 2 fully saturated rings. The summed E-state index contributed by atoms with van der Waals surface area (Å²) >= 11 is 0. The fourth-order valence-electron chi connectivity index (χ4n) is 5.52. The van der Waals surface area contributed by atoms with Crippen molar-refractivity contribution >= 4 is 5.91 Å². The molecular weight excluding hydrogens is 405 g/mol. The molecule has 0 unspecified atom stereocenters. The number of alkyl halides is 3. The van der Waals surface area contributed by atoms with Crippen LogP contribution < -0.4 is 10.1 Å². The van der Waals surface area contributed by atoms with Gasteiger partial charge in [0.1, 0.15) is 12.2 Å². The van der Waals surface area contributed by atoms with Gasteiger partial charge in [-0.1, -0.05) is 12.1 Å². The van der Waals surface area contributed by atoms with Crippen LogP contribution in [0.1, 0.15) is 68.4 Å². The molecule has 1 aliphatic carbocycles. The zero-order valence-electron chi connectivity index (χ0n) is 18.1. The lowest BCUT2D eigenvalue weighted by Crippen LogP contribution is -2.40. The van der Waals surface area contributed by atoms with Gasteiger partial charge in [-0.3, -0.25) is 4.79 Å². The lowest BCUT2D eigenvalue weighted by atomic mass is 9.83. The molecular formula is C24H33F3N2O2. The van der Waals surface area contributed by atoms with Crippen molar-refractivity contribution in [1.82, 2.24) is 10.2 Å². The second-order valence-corrected chi connectivity index (χ2v) is 9.40. The fraction of sp³-hybridized carbons (Fsp3) is 0.708. The Morgan fingerprint density at radius 1 is 1.10 bits per heavy atom. The first-order valence-corrected chi connectivity index (χ1v) is 11.7. The molecule has 3 aliphatic rings. The molecule has 1 aromatic carbocycles. The molecule has 0 bridgehead atoms. The van der Waals surface area contributed by atoms with Crippen molar-refractivity contribution in [3.63, 3.8) is 0 Å². The van der Waals surface area contributed by atoms with Gasteiger partial charge in [0.2, 0.25) is 5.91 Å². The van der Waals surface area contributed by atoms with Crippen LogP contribution in [0.2, 0.25) is 0 Å². The molecule has 0 atom stereocenters. The SMILES string of the molecule is O=C(CC(F)(F)F)N[C@H]1CC[C@H](CCN2CCC(c3cccc4c3CCO4)CC2)CC1. The molecule has 1 saturated carbocycles. The highest BCUT2D eigenvalue weighted by atomic mass is 19.4. The third kappa shape index (κ3) is 6.15. The number of carbonyl (C=O) groups is 1. The van der Waals surface area contributed by atoms with Crippen LogP contribution in [0, 0.1) is 5.92 Å². The monoisotopic (exact) mass is 438 g/mol. The molecule has 1 saturated heterocycles. The quantitative estimate of drug-likeness (QED) is 0.693. The summed E-state index contributed by atoms with van der Waals surface area (Å²) in [6.45, 7) is 4.15. The molecule has 0 spiro atoms. The highest BCUT2D eigenvalue weighted by molar-refractivity contribution is 5.76. The minimum absolute atomic E-state index is 0.0987. The third-order valence-corrected chi connectivity index (χ3v) is 7.23. The summed E-state index contributed by atoms with van der Waals surface area (Å²) in [6, 6.07) is 6.38. The normalized spacial score (nSPS) is 25.1. The van der Waals surface area contributed by atoms with Crippen LogP contribution in [-0.4, -0.2) is 49.3 Å². The Hall–Kier alpha value is -1.76. The molecule has 0 radical (unpaired) electrons. The summed E-state index contributed by atoms with van der Waals surface area (Å²) in [7, 11) is 0. The van der Waals surface area contributed by atoms with E-state index in [2.05, 4.69) is 28.4 Å². The van der Waals surface area contributed by atoms with Gasteiger partial charge >= 0.3 is 6.18 Å². The van der Waals surface area contributed by atoms with E-state index < -0.39 is 18.5 Å². The van der Waals surface area contributed by atoms with Crippen molar-refractivity contribution in [2.45, 2.75) is 75.9 Å². The maximum atomic E-state index is 12.3. The van der Waals surface area contributed by atoms with E-state index in [0.29, 0.717) is 11.8 Å². The fourth-order valence-corrected chi connectivity index (χ4v) is 5.52. The average molecular weight is 439 g/mol. The summed E-state index contributed by atoms with van der Waals surface area (Å²) < 4.78 is 42.6. The number of carbonyl (C=O) groups excluding carboxylic acids is 1. The molecule has 7 heteroatoms. The molecule has 2 heterocycles. The third-order valence-electron chi connectivity index (χ3n) is 7.23. The Kier molecular flexibility index (Phi) is 7.09. The first-order valence-electron chi connectivity index (χ1n) is 11.7. The topological polar surface area (TPSA) is 41.6 Å². The van der Waals surface area contributed by atoms with E-state index in [4.69, 9.17) is 4.74 Å². The standard InChI is InChI=1S/C24H33F3N2O2/c25-24(26,27)16-23(30)28-19-6-4-17(5-7-19)8-12-29-13-9-18(10-14-29)20-2-1-3-22-21(20)11-15-31-22/h1-3,17-19H,4-16H2,(H,28,30)/t17-,19-. The van der Waals surface area contributed by atoms with Gasteiger partial charge in [0, 0.05) is 18.0 Å². The number of likely N-dealkylation sites (tertiary alicyclic amines) is 1. The van der Waals surface area contributed by atoms with Gasteiger partial charge in [-0.15, -0.1) is 0 Å². The summed E-state index contributed by atoms with van der Waals surface area (Å²) in [4.78, 5) is 14.1. The number of hydrogen-bond acceptors (Lipinski definition) is 3. The minimum atomic E-state index is -4.43. The molecule has 1 N–H and O–H groups in total. The van der Waals surface area contributed by atoms with Gasteiger partial charge in [-0.25, -0.2) is 0 Å². The second kappa shape index (κ2) is 9.80. The van der Waals surface area contributed by atoms with Gasteiger partial charge in [-0.05, 0) is 88.0 Å². The van der Waals surface area contributed by atoms with Crippen molar-refractivity contribution in [3.8, 4) is 5.75 Å². The van der Waals surface area contributed by atoms with Gasteiger partial charge in [0.25, 0.3) is 0 Å². The number of halogens is 3. The number of piperidine rings is 1. The molecule has 2 aliphatic heterocycles. The zero-order valence-corrected chi connectivity index (χ0v) is 18.1. The smallest absolute Gasteiger partial charge is 0.397 e. The van der Waals surface area contributed by atoms with Gasteiger partial charge in [-0.2, -0.15) is 13.2 Å². The maximum Gasteiger partial charge on any atom is 0.397 e. The Bertz CT molecular complexity index is 752. The van der Waals surface area contributed by atoms with Crippen molar-refractivity contribution < 1.29 is 22.7 Å². The summed E-state index contributed by atoms with van der Waals surface area (Å²) in [5.74, 6) is 1.42. The van der Waals surface area contributed by atoms with Crippen molar-refractivity contribution in [1.29, 1.82) is 0 Å². The highest BCUT2D eigenvalue weighted by Gasteiger charge is 2.33. The van der Waals surface area contributed by atoms with Crippen molar-refractivity contribution in [3.05, 3.63) is 29.3 Å². The number of nitrogens with one attached hydrogen (secondary N) is 1. The van der Waals surface area contributed by atoms with Crippen molar-refractivity contribution in [2.75, 3.05) is 26.2 Å². The minimum Gasteiger partial charge on any atom is -0.493 e. The first-order chi connectivity index (χ1) is 14.9. The highest BCUT2D eigenvalue weighted by Crippen LogP contribution is 2.37. The number of rotatable bonds is 6. The second-order valence-electron chi connectivity index (χ2n) is 9.40. The Morgan fingerprint density at radius 2 is 1.84 bits per heavy atom. The van der Waals surface area contributed by atoms with E-state index in [0.717, 1.165) is 70.5 Å². The first kappa shape index (κ1) is 22.4. The maximum absolute atomic E-state index is 12.3. The van der Waals surface area contributed by atoms with E-state index in [1.54, 1.807) is 0 Å². The van der Waals surface area contributed by atoms with E-state index in [-0.39, 0.29) is 6.04 Å². The van der Waals surface area contributed by atoms with Gasteiger partial charge < -0.3 is 15.0 Å². The summed E-state index contributed by atoms with van der Waals surface area (Å²) in [6.07, 6.45) is 2.31. The number of nitrogens with zero attached hydrogens (tertiary/aromatic N) is 1. The predicted molar refractivity (Wildman–Crippen MR) is 113 cm³/mol. The van der Waals surface area contributed by atoms with Crippen LogP contribution in [0.5, 0.6) is 5.75 Å². The van der Waals surface area contributed by atoms with Crippen LogP contribution in [-0.2, 0) is 11.2 Å². The number of benzene rings is 1. The molecule has 4 rings (SSSR count). The van der Waals surface area contributed by atoms with Crippen LogP contribution >= 0.6 is 0 Å². The lowest BCUT2D eigenvalue weighted by molar-refractivity contribution is -0.154. The molecule has 0 aromatic heterocycles. The number of amides is 1. The number of ether oxygens (including phenoxy) is 1. The van der Waals surface area contributed by atoms with Crippen LogP contribution in [0.25, 0.3) is 0 Å². The predicted octanol–water partition coefficient (Wildman–Crippen LogP) is 4.82. The Morgan fingerprint density at radius 3 is 2.55 bits per heavy atom.